The van der Waals surface area contributed by atoms with Gasteiger partial charge in [0, 0.05) is 11.8 Å². The molecule has 3 aromatic rings. The standard InChI is InChI=1S/C16H16N2O3/c1-20-14-7-6-11(9-15(14)21-2)16(19)12-10-17-18-8-4-3-5-13(12)18/h3-10,16,19H,1-2H3. The normalized spacial score (nSPS) is 12.3. The van der Waals surface area contributed by atoms with Gasteiger partial charge in [-0.3, -0.25) is 0 Å². The SMILES string of the molecule is COc1ccc(C(O)c2cnn3ccccc23)cc1OC. The molecule has 0 spiro atoms. The van der Waals surface area contributed by atoms with Gasteiger partial charge in [-0.05, 0) is 29.8 Å². The van der Waals surface area contributed by atoms with E-state index in [1.807, 2.05) is 30.5 Å². The van der Waals surface area contributed by atoms with Gasteiger partial charge in [-0.1, -0.05) is 12.1 Å². The van der Waals surface area contributed by atoms with Crippen LogP contribution in [-0.4, -0.2) is 28.9 Å². The second-order valence-electron chi connectivity index (χ2n) is 4.65. The fourth-order valence-electron chi connectivity index (χ4n) is 2.37. The highest BCUT2D eigenvalue weighted by molar-refractivity contribution is 5.57. The molecular formula is C16H16N2O3. The molecule has 3 rings (SSSR count). The van der Waals surface area contributed by atoms with Gasteiger partial charge in [-0.15, -0.1) is 0 Å². The number of aromatic nitrogens is 2. The Morgan fingerprint density at radius 1 is 1.10 bits per heavy atom. The predicted octanol–water partition coefficient (Wildman–Crippen LogP) is 2.43. The second-order valence-corrected chi connectivity index (χ2v) is 4.65. The summed E-state index contributed by atoms with van der Waals surface area (Å²) in [6, 6.07) is 11.1. The van der Waals surface area contributed by atoms with Gasteiger partial charge in [0.05, 0.1) is 25.9 Å². The Labute approximate surface area is 122 Å². The molecule has 1 unspecified atom stereocenters. The molecule has 5 heteroatoms. The first-order chi connectivity index (χ1) is 10.2. The maximum Gasteiger partial charge on any atom is 0.161 e. The Morgan fingerprint density at radius 2 is 1.90 bits per heavy atom. The molecule has 0 aliphatic rings. The van der Waals surface area contributed by atoms with Crippen molar-refractivity contribution in [2.45, 2.75) is 6.10 Å². The highest BCUT2D eigenvalue weighted by atomic mass is 16.5. The maximum atomic E-state index is 10.6. The van der Waals surface area contributed by atoms with Crippen LogP contribution in [0.1, 0.15) is 17.2 Å². The zero-order valence-corrected chi connectivity index (χ0v) is 11.9. The van der Waals surface area contributed by atoms with E-state index >= 15 is 0 Å². The average molecular weight is 284 g/mol. The van der Waals surface area contributed by atoms with Crippen molar-refractivity contribution < 1.29 is 14.6 Å². The summed E-state index contributed by atoms with van der Waals surface area (Å²) in [6.07, 6.45) is 2.75. The Bertz CT molecular complexity index is 767. The average Bonchev–Trinajstić information content (AvgIpc) is 2.97. The van der Waals surface area contributed by atoms with Gasteiger partial charge in [-0.25, -0.2) is 4.52 Å². The molecule has 0 amide bonds. The zero-order chi connectivity index (χ0) is 14.8. The number of fused-ring (bicyclic) bond motifs is 1. The van der Waals surface area contributed by atoms with E-state index in [1.54, 1.807) is 37.1 Å². The lowest BCUT2D eigenvalue weighted by Crippen LogP contribution is -2.01. The first kappa shape index (κ1) is 13.5. The van der Waals surface area contributed by atoms with E-state index in [4.69, 9.17) is 9.47 Å². The van der Waals surface area contributed by atoms with Crippen LogP contribution < -0.4 is 9.47 Å². The van der Waals surface area contributed by atoms with Crippen molar-refractivity contribution >= 4 is 5.52 Å². The van der Waals surface area contributed by atoms with Gasteiger partial charge in [0.2, 0.25) is 0 Å². The topological polar surface area (TPSA) is 56.0 Å². The molecule has 5 nitrogen and oxygen atoms in total. The summed E-state index contributed by atoms with van der Waals surface area (Å²) in [6.45, 7) is 0. The predicted molar refractivity (Wildman–Crippen MR) is 78.8 cm³/mol. The fourth-order valence-corrected chi connectivity index (χ4v) is 2.37. The monoisotopic (exact) mass is 284 g/mol. The fraction of sp³-hybridized carbons (Fsp3) is 0.188. The first-order valence-corrected chi connectivity index (χ1v) is 6.57. The summed E-state index contributed by atoms with van der Waals surface area (Å²) in [5, 5.41) is 14.9. The van der Waals surface area contributed by atoms with E-state index in [9.17, 15) is 5.11 Å². The summed E-state index contributed by atoms with van der Waals surface area (Å²) >= 11 is 0. The van der Waals surface area contributed by atoms with E-state index in [0.29, 0.717) is 11.5 Å². The van der Waals surface area contributed by atoms with Crippen molar-refractivity contribution in [2.75, 3.05) is 14.2 Å². The zero-order valence-electron chi connectivity index (χ0n) is 11.9. The smallest absolute Gasteiger partial charge is 0.161 e. The number of hydrogen-bond donors (Lipinski definition) is 1. The summed E-state index contributed by atoms with van der Waals surface area (Å²) < 4.78 is 12.2. The number of methoxy groups -OCH3 is 2. The van der Waals surface area contributed by atoms with Crippen LogP contribution in [0.4, 0.5) is 0 Å². The molecule has 2 aromatic heterocycles. The number of rotatable bonds is 4. The molecule has 0 saturated carbocycles. The summed E-state index contributed by atoms with van der Waals surface area (Å²) in [5.74, 6) is 1.22. The minimum atomic E-state index is -0.773. The maximum absolute atomic E-state index is 10.6. The summed E-state index contributed by atoms with van der Waals surface area (Å²) in [5.41, 5.74) is 2.36. The number of hydrogen-bond acceptors (Lipinski definition) is 4. The van der Waals surface area contributed by atoms with Crippen LogP contribution in [0.5, 0.6) is 11.5 Å². The molecule has 0 fully saturated rings. The number of pyridine rings is 1. The molecule has 1 N–H and O–H groups in total. The summed E-state index contributed by atoms with van der Waals surface area (Å²) in [7, 11) is 3.16. The minimum Gasteiger partial charge on any atom is -0.493 e. The van der Waals surface area contributed by atoms with Gasteiger partial charge in [0.1, 0.15) is 6.10 Å². The molecule has 1 aromatic carbocycles. The van der Waals surface area contributed by atoms with E-state index in [2.05, 4.69) is 5.10 Å². The number of ether oxygens (including phenoxy) is 2. The van der Waals surface area contributed by atoms with Crippen LogP contribution in [0, 0.1) is 0 Å². The molecule has 0 aliphatic carbocycles. The second kappa shape index (κ2) is 5.46. The quantitative estimate of drug-likeness (QED) is 0.799. The lowest BCUT2D eigenvalue weighted by Gasteiger charge is -2.13. The van der Waals surface area contributed by atoms with Crippen LogP contribution >= 0.6 is 0 Å². The van der Waals surface area contributed by atoms with Crippen LogP contribution in [0.15, 0.2) is 48.8 Å². The molecule has 0 radical (unpaired) electrons. The van der Waals surface area contributed by atoms with Crippen molar-refractivity contribution in [3.63, 3.8) is 0 Å². The summed E-state index contributed by atoms with van der Waals surface area (Å²) in [4.78, 5) is 0. The van der Waals surface area contributed by atoms with Crippen LogP contribution in [-0.2, 0) is 0 Å². The van der Waals surface area contributed by atoms with Crippen molar-refractivity contribution in [1.82, 2.24) is 9.61 Å². The molecule has 0 saturated heterocycles. The largest absolute Gasteiger partial charge is 0.493 e. The van der Waals surface area contributed by atoms with E-state index in [-0.39, 0.29) is 0 Å². The Hall–Kier alpha value is -2.53. The van der Waals surface area contributed by atoms with Gasteiger partial charge < -0.3 is 14.6 Å². The minimum absolute atomic E-state index is 0.588. The van der Waals surface area contributed by atoms with E-state index in [1.165, 1.54) is 0 Å². The van der Waals surface area contributed by atoms with Gasteiger partial charge in [0.15, 0.2) is 11.5 Å². The third kappa shape index (κ3) is 2.32. The van der Waals surface area contributed by atoms with Crippen molar-refractivity contribution in [3.05, 3.63) is 59.9 Å². The van der Waals surface area contributed by atoms with E-state index < -0.39 is 6.10 Å². The van der Waals surface area contributed by atoms with Crippen LogP contribution in [0.25, 0.3) is 5.52 Å². The van der Waals surface area contributed by atoms with E-state index in [0.717, 1.165) is 16.6 Å². The molecule has 1 atom stereocenters. The Kier molecular flexibility index (Phi) is 3.50. The van der Waals surface area contributed by atoms with Crippen LogP contribution in [0.3, 0.4) is 0 Å². The number of nitrogens with zero attached hydrogens (tertiary/aromatic N) is 2. The molecule has 21 heavy (non-hydrogen) atoms. The van der Waals surface area contributed by atoms with Crippen LogP contribution in [0.2, 0.25) is 0 Å². The number of aliphatic hydroxyl groups excluding tert-OH is 1. The van der Waals surface area contributed by atoms with Crippen molar-refractivity contribution in [3.8, 4) is 11.5 Å². The van der Waals surface area contributed by atoms with Crippen molar-refractivity contribution in [2.24, 2.45) is 0 Å². The lowest BCUT2D eigenvalue weighted by atomic mass is 10.0. The first-order valence-electron chi connectivity index (χ1n) is 6.57. The highest BCUT2D eigenvalue weighted by Crippen LogP contribution is 2.33. The molecule has 108 valence electrons. The third-order valence-electron chi connectivity index (χ3n) is 3.47. The number of aliphatic hydroxyl groups is 1. The van der Waals surface area contributed by atoms with Crippen molar-refractivity contribution in [1.29, 1.82) is 0 Å². The van der Waals surface area contributed by atoms with Gasteiger partial charge in [0.25, 0.3) is 0 Å². The molecule has 0 aliphatic heterocycles. The highest BCUT2D eigenvalue weighted by Gasteiger charge is 2.17. The Balaban J connectivity index is 2.04. The molecular weight excluding hydrogens is 268 g/mol. The third-order valence-corrected chi connectivity index (χ3v) is 3.47. The Morgan fingerprint density at radius 3 is 2.67 bits per heavy atom. The van der Waals surface area contributed by atoms with Gasteiger partial charge >= 0.3 is 0 Å². The molecule has 0 bridgehead atoms. The lowest BCUT2D eigenvalue weighted by molar-refractivity contribution is 0.221. The molecule has 2 heterocycles. The van der Waals surface area contributed by atoms with Gasteiger partial charge in [-0.2, -0.15) is 5.10 Å². The number of benzene rings is 1.